The Hall–Kier alpha value is -1.13. The molecule has 2 N–H and O–H groups in total. The van der Waals surface area contributed by atoms with E-state index >= 15 is 0 Å². The first-order valence-electron chi connectivity index (χ1n) is 4.98. The van der Waals surface area contributed by atoms with E-state index in [1.807, 2.05) is 0 Å². The number of benzene rings is 1. The number of ether oxygens (including phenoxy) is 1. The van der Waals surface area contributed by atoms with Crippen LogP contribution in [0.5, 0.6) is 5.75 Å². The lowest BCUT2D eigenvalue weighted by atomic mass is 10.0. The Labute approximate surface area is 87.9 Å². The number of aryl methyl sites for hydroxylation is 1. The van der Waals surface area contributed by atoms with Crippen molar-refractivity contribution in [3.8, 4) is 5.75 Å². The Bertz CT molecular complexity index is 362. The predicted molar refractivity (Wildman–Crippen MR) is 54.4 cm³/mol. The molecule has 0 aromatic heterocycles. The largest absolute Gasteiger partial charge is 0.508 e. The van der Waals surface area contributed by atoms with Crippen molar-refractivity contribution in [3.05, 3.63) is 29.1 Å². The lowest BCUT2D eigenvalue weighted by Gasteiger charge is -2.24. The zero-order valence-corrected chi connectivity index (χ0v) is 8.59. The van der Waals surface area contributed by atoms with Gasteiger partial charge in [0.2, 0.25) is 0 Å². The standard InChI is InChI=1S/C11H14FNO2/c1-7-4-9(12)8(5-11(7)14)10-6-15-3-2-13-10/h4-5,10,13-14H,2-3,6H2,1H3. The second kappa shape index (κ2) is 4.16. The molecule has 0 amide bonds. The van der Waals surface area contributed by atoms with Crippen molar-refractivity contribution in [2.24, 2.45) is 0 Å². The zero-order valence-electron chi connectivity index (χ0n) is 8.59. The SMILES string of the molecule is Cc1cc(F)c(C2COCCN2)cc1O. The van der Waals surface area contributed by atoms with Crippen LogP contribution in [0.1, 0.15) is 17.2 Å². The molecule has 0 radical (unpaired) electrons. The summed E-state index contributed by atoms with van der Waals surface area (Å²) < 4.78 is 18.9. The van der Waals surface area contributed by atoms with Gasteiger partial charge in [-0.15, -0.1) is 0 Å². The van der Waals surface area contributed by atoms with E-state index < -0.39 is 0 Å². The number of phenolic OH excluding ortho intramolecular Hbond substituents is 1. The van der Waals surface area contributed by atoms with E-state index in [4.69, 9.17) is 4.74 Å². The Morgan fingerprint density at radius 1 is 1.53 bits per heavy atom. The number of halogens is 1. The normalized spacial score (nSPS) is 21.6. The molecule has 2 rings (SSSR count). The summed E-state index contributed by atoms with van der Waals surface area (Å²) in [5.41, 5.74) is 1.02. The molecule has 0 aliphatic carbocycles. The van der Waals surface area contributed by atoms with Gasteiger partial charge in [0.15, 0.2) is 0 Å². The molecule has 1 unspecified atom stereocenters. The zero-order chi connectivity index (χ0) is 10.8. The molecule has 3 nitrogen and oxygen atoms in total. The van der Waals surface area contributed by atoms with E-state index in [1.54, 1.807) is 6.92 Å². The molecule has 1 aliphatic heterocycles. The summed E-state index contributed by atoms with van der Waals surface area (Å²) in [4.78, 5) is 0. The lowest BCUT2D eigenvalue weighted by molar-refractivity contribution is 0.0757. The number of phenols is 1. The highest BCUT2D eigenvalue weighted by atomic mass is 19.1. The second-order valence-electron chi connectivity index (χ2n) is 3.74. The molecule has 1 aromatic rings. The molecule has 15 heavy (non-hydrogen) atoms. The third-order valence-electron chi connectivity index (χ3n) is 2.61. The number of nitrogens with one attached hydrogen (secondary N) is 1. The predicted octanol–water partition coefficient (Wildman–Crippen LogP) is 1.50. The maximum absolute atomic E-state index is 13.6. The van der Waals surface area contributed by atoms with Crippen LogP contribution in [-0.2, 0) is 4.74 Å². The van der Waals surface area contributed by atoms with Crippen molar-refractivity contribution >= 4 is 0 Å². The van der Waals surface area contributed by atoms with Crippen molar-refractivity contribution in [3.63, 3.8) is 0 Å². The van der Waals surface area contributed by atoms with E-state index in [0.29, 0.717) is 30.9 Å². The van der Waals surface area contributed by atoms with Crippen LogP contribution in [0.2, 0.25) is 0 Å². The fraction of sp³-hybridized carbons (Fsp3) is 0.455. The number of rotatable bonds is 1. The van der Waals surface area contributed by atoms with Crippen molar-refractivity contribution < 1.29 is 14.2 Å². The van der Waals surface area contributed by atoms with Gasteiger partial charge in [0, 0.05) is 12.1 Å². The molecule has 82 valence electrons. The van der Waals surface area contributed by atoms with E-state index in [1.165, 1.54) is 12.1 Å². The summed E-state index contributed by atoms with van der Waals surface area (Å²) in [5, 5.41) is 12.7. The van der Waals surface area contributed by atoms with Crippen LogP contribution in [0, 0.1) is 12.7 Å². The maximum Gasteiger partial charge on any atom is 0.128 e. The maximum atomic E-state index is 13.6. The molecule has 1 aromatic carbocycles. The van der Waals surface area contributed by atoms with Gasteiger partial charge in [0.1, 0.15) is 11.6 Å². The monoisotopic (exact) mass is 211 g/mol. The van der Waals surface area contributed by atoms with E-state index in [9.17, 15) is 9.50 Å². The lowest BCUT2D eigenvalue weighted by Crippen LogP contribution is -2.35. The van der Waals surface area contributed by atoms with Crippen LogP contribution in [0.25, 0.3) is 0 Å². The first-order valence-corrected chi connectivity index (χ1v) is 4.98. The van der Waals surface area contributed by atoms with Crippen LogP contribution < -0.4 is 5.32 Å². The molecule has 0 spiro atoms. The summed E-state index contributed by atoms with van der Waals surface area (Å²) in [5.74, 6) is -0.174. The molecule has 0 saturated carbocycles. The van der Waals surface area contributed by atoms with Crippen LogP contribution in [0.3, 0.4) is 0 Å². The Morgan fingerprint density at radius 3 is 3.00 bits per heavy atom. The van der Waals surface area contributed by atoms with Gasteiger partial charge < -0.3 is 15.2 Å². The smallest absolute Gasteiger partial charge is 0.128 e. The third kappa shape index (κ3) is 2.11. The summed E-state index contributed by atoms with van der Waals surface area (Å²) in [7, 11) is 0. The molecule has 1 atom stereocenters. The molecule has 0 bridgehead atoms. The Morgan fingerprint density at radius 2 is 2.33 bits per heavy atom. The molecular weight excluding hydrogens is 197 g/mol. The highest BCUT2D eigenvalue weighted by Gasteiger charge is 2.19. The highest BCUT2D eigenvalue weighted by Crippen LogP contribution is 2.26. The van der Waals surface area contributed by atoms with Gasteiger partial charge >= 0.3 is 0 Å². The molecule has 1 fully saturated rings. The fourth-order valence-corrected chi connectivity index (χ4v) is 1.71. The quantitative estimate of drug-likeness (QED) is 0.739. The average Bonchev–Trinajstić information content (AvgIpc) is 2.25. The van der Waals surface area contributed by atoms with Crippen molar-refractivity contribution in [2.75, 3.05) is 19.8 Å². The molecule has 4 heteroatoms. The van der Waals surface area contributed by atoms with Gasteiger partial charge in [0.05, 0.1) is 19.3 Å². The summed E-state index contributed by atoms with van der Waals surface area (Å²) in [6, 6.07) is 2.66. The van der Waals surface area contributed by atoms with Crippen LogP contribution >= 0.6 is 0 Å². The second-order valence-corrected chi connectivity index (χ2v) is 3.74. The fourth-order valence-electron chi connectivity index (χ4n) is 1.71. The molecule has 1 aliphatic rings. The topological polar surface area (TPSA) is 41.5 Å². The number of morpholine rings is 1. The van der Waals surface area contributed by atoms with Gasteiger partial charge in [0.25, 0.3) is 0 Å². The third-order valence-corrected chi connectivity index (χ3v) is 2.61. The summed E-state index contributed by atoms with van der Waals surface area (Å²) >= 11 is 0. The summed E-state index contributed by atoms with van der Waals surface area (Å²) in [6.07, 6.45) is 0. The van der Waals surface area contributed by atoms with Gasteiger partial charge in [-0.1, -0.05) is 0 Å². The summed E-state index contributed by atoms with van der Waals surface area (Å²) in [6.45, 7) is 3.47. The first-order chi connectivity index (χ1) is 7.18. The number of hydrogen-bond acceptors (Lipinski definition) is 3. The number of aromatic hydroxyl groups is 1. The van der Waals surface area contributed by atoms with Crippen molar-refractivity contribution in [1.82, 2.24) is 5.32 Å². The number of hydrogen-bond donors (Lipinski definition) is 2. The van der Waals surface area contributed by atoms with Crippen molar-refractivity contribution in [2.45, 2.75) is 13.0 Å². The van der Waals surface area contributed by atoms with Crippen LogP contribution in [-0.4, -0.2) is 24.9 Å². The van der Waals surface area contributed by atoms with Crippen molar-refractivity contribution in [1.29, 1.82) is 0 Å². The van der Waals surface area contributed by atoms with Gasteiger partial charge in [-0.3, -0.25) is 0 Å². The van der Waals surface area contributed by atoms with E-state index in [0.717, 1.165) is 0 Å². The van der Waals surface area contributed by atoms with Gasteiger partial charge in [-0.05, 0) is 24.6 Å². The highest BCUT2D eigenvalue weighted by molar-refractivity contribution is 5.38. The van der Waals surface area contributed by atoms with E-state index in [-0.39, 0.29) is 17.6 Å². The minimum absolute atomic E-state index is 0.124. The minimum Gasteiger partial charge on any atom is -0.508 e. The van der Waals surface area contributed by atoms with E-state index in [2.05, 4.69) is 5.32 Å². The van der Waals surface area contributed by atoms with Crippen LogP contribution in [0.15, 0.2) is 12.1 Å². The first kappa shape index (κ1) is 10.4. The Balaban J connectivity index is 2.30. The van der Waals surface area contributed by atoms with Crippen LogP contribution in [0.4, 0.5) is 4.39 Å². The molecule has 1 heterocycles. The average molecular weight is 211 g/mol. The minimum atomic E-state index is -0.298. The molecule has 1 saturated heterocycles. The Kier molecular flexibility index (Phi) is 2.88. The van der Waals surface area contributed by atoms with Gasteiger partial charge in [-0.2, -0.15) is 0 Å². The molecular formula is C11H14FNO2. The van der Waals surface area contributed by atoms with Gasteiger partial charge in [-0.25, -0.2) is 4.39 Å².